The molecule has 1 aliphatic heterocycles. The Bertz CT molecular complexity index is 1030. The van der Waals surface area contributed by atoms with Gasteiger partial charge in [0.05, 0.1) is 18.6 Å². The highest BCUT2D eigenvalue weighted by Crippen LogP contribution is 2.25. The highest BCUT2D eigenvalue weighted by atomic mass is 35.5. The molecule has 0 unspecified atom stereocenters. The third kappa shape index (κ3) is 5.84. The molecule has 0 aliphatic carbocycles. The summed E-state index contributed by atoms with van der Waals surface area (Å²) in [6.45, 7) is 1.65. The average Bonchev–Trinajstić information content (AvgIpc) is 3.30. The first-order chi connectivity index (χ1) is 15.6. The molecule has 0 atom stereocenters. The Morgan fingerprint density at radius 1 is 1.19 bits per heavy atom. The Labute approximate surface area is 197 Å². The first kappa shape index (κ1) is 22.7. The van der Waals surface area contributed by atoms with Crippen molar-refractivity contribution < 1.29 is 9.53 Å². The zero-order chi connectivity index (χ0) is 22.3. The third-order valence-corrected chi connectivity index (χ3v) is 7.06. The number of amides is 1. The van der Waals surface area contributed by atoms with Crippen molar-refractivity contribution in [3.05, 3.63) is 65.4 Å². The molecule has 1 saturated heterocycles. The number of likely N-dealkylation sites (tertiary alicyclic amines) is 1. The summed E-state index contributed by atoms with van der Waals surface area (Å²) < 4.78 is 7.08. The van der Waals surface area contributed by atoms with Crippen LogP contribution in [0.25, 0.3) is 5.69 Å². The lowest BCUT2D eigenvalue weighted by Crippen LogP contribution is -2.39. The number of hydrogen-bond acceptors (Lipinski definition) is 5. The molecule has 0 bridgehead atoms. The average molecular weight is 471 g/mol. The van der Waals surface area contributed by atoms with Crippen molar-refractivity contribution in [1.29, 1.82) is 0 Å². The fourth-order valence-corrected chi connectivity index (χ4v) is 4.99. The number of halogens is 1. The molecule has 1 aromatic heterocycles. The molecule has 4 rings (SSSR count). The number of aromatic nitrogens is 3. The summed E-state index contributed by atoms with van der Waals surface area (Å²) in [5.74, 6) is 2.07. The van der Waals surface area contributed by atoms with Crippen LogP contribution in [0.15, 0.2) is 60.0 Å². The molecule has 168 valence electrons. The van der Waals surface area contributed by atoms with Crippen LogP contribution in [0.1, 0.15) is 24.8 Å². The second kappa shape index (κ2) is 10.9. The van der Waals surface area contributed by atoms with Gasteiger partial charge in [-0.3, -0.25) is 9.36 Å². The predicted octanol–water partition coefficient (Wildman–Crippen LogP) is 4.89. The Hall–Kier alpha value is -2.51. The SMILES string of the molecule is COc1ccc(CCC2CCN(C(=O)CSc3nncn3-c3cccc(Cl)c3)CC2)cc1. The third-order valence-electron chi connectivity index (χ3n) is 5.90. The molecular weight excluding hydrogens is 444 g/mol. The van der Waals surface area contributed by atoms with Crippen LogP contribution in [-0.4, -0.2) is 51.5 Å². The topological polar surface area (TPSA) is 60.2 Å². The van der Waals surface area contributed by atoms with Gasteiger partial charge in [-0.25, -0.2) is 0 Å². The molecule has 2 heterocycles. The number of rotatable bonds is 8. The smallest absolute Gasteiger partial charge is 0.233 e. The fourth-order valence-electron chi connectivity index (χ4n) is 3.98. The highest BCUT2D eigenvalue weighted by Gasteiger charge is 2.23. The summed E-state index contributed by atoms with van der Waals surface area (Å²) in [5, 5.41) is 9.51. The van der Waals surface area contributed by atoms with Gasteiger partial charge in [0.2, 0.25) is 5.91 Å². The summed E-state index contributed by atoms with van der Waals surface area (Å²) in [7, 11) is 1.69. The Morgan fingerprint density at radius 2 is 1.97 bits per heavy atom. The van der Waals surface area contributed by atoms with Crippen LogP contribution < -0.4 is 4.74 Å². The molecule has 1 fully saturated rings. The largest absolute Gasteiger partial charge is 0.497 e. The van der Waals surface area contributed by atoms with Gasteiger partial charge in [0.1, 0.15) is 12.1 Å². The maximum Gasteiger partial charge on any atom is 0.233 e. The van der Waals surface area contributed by atoms with E-state index in [9.17, 15) is 4.79 Å². The molecule has 1 amide bonds. The fraction of sp³-hybridized carbons (Fsp3) is 0.375. The van der Waals surface area contributed by atoms with Gasteiger partial charge >= 0.3 is 0 Å². The van der Waals surface area contributed by atoms with Crippen molar-refractivity contribution in [3.8, 4) is 11.4 Å². The van der Waals surface area contributed by atoms with Crippen LogP contribution in [-0.2, 0) is 11.2 Å². The minimum absolute atomic E-state index is 0.157. The van der Waals surface area contributed by atoms with Gasteiger partial charge < -0.3 is 9.64 Å². The normalized spacial score (nSPS) is 14.5. The standard InChI is InChI=1S/C24H27ClN4O2S/c1-31-22-9-7-18(8-10-22)5-6-19-11-13-28(14-12-19)23(30)16-32-24-27-26-17-29(24)21-4-2-3-20(25)15-21/h2-4,7-10,15,17,19H,5-6,11-14,16H2,1H3. The molecule has 0 N–H and O–H groups in total. The van der Waals surface area contributed by atoms with Crippen molar-refractivity contribution in [2.24, 2.45) is 5.92 Å². The zero-order valence-corrected chi connectivity index (χ0v) is 19.7. The molecule has 1 aliphatic rings. The van der Waals surface area contributed by atoms with Gasteiger partial charge in [0, 0.05) is 18.1 Å². The molecule has 3 aromatic rings. The number of hydrogen-bond donors (Lipinski definition) is 0. The number of piperidine rings is 1. The predicted molar refractivity (Wildman–Crippen MR) is 128 cm³/mol. The van der Waals surface area contributed by atoms with E-state index >= 15 is 0 Å². The van der Waals surface area contributed by atoms with Gasteiger partial charge in [0.25, 0.3) is 0 Å². The van der Waals surface area contributed by atoms with E-state index in [0.717, 1.165) is 50.2 Å². The van der Waals surface area contributed by atoms with Gasteiger partial charge in [0.15, 0.2) is 5.16 Å². The van der Waals surface area contributed by atoms with E-state index in [1.807, 2.05) is 45.9 Å². The van der Waals surface area contributed by atoms with E-state index in [1.54, 1.807) is 13.4 Å². The quantitative estimate of drug-likeness (QED) is 0.438. The van der Waals surface area contributed by atoms with Gasteiger partial charge in [-0.05, 0) is 67.5 Å². The molecular formula is C24H27ClN4O2S. The second-order valence-electron chi connectivity index (χ2n) is 7.96. The summed E-state index contributed by atoms with van der Waals surface area (Å²) in [6, 6.07) is 15.8. The van der Waals surface area contributed by atoms with E-state index in [-0.39, 0.29) is 5.91 Å². The van der Waals surface area contributed by atoms with E-state index in [0.29, 0.717) is 21.8 Å². The van der Waals surface area contributed by atoms with Crippen molar-refractivity contribution in [2.45, 2.75) is 30.8 Å². The lowest BCUT2D eigenvalue weighted by molar-refractivity contribution is -0.129. The van der Waals surface area contributed by atoms with E-state index in [4.69, 9.17) is 16.3 Å². The first-order valence-electron chi connectivity index (χ1n) is 10.8. The number of benzene rings is 2. The van der Waals surface area contributed by atoms with Crippen molar-refractivity contribution in [2.75, 3.05) is 26.0 Å². The lowest BCUT2D eigenvalue weighted by atomic mass is 9.90. The number of aryl methyl sites for hydroxylation is 1. The van der Waals surface area contributed by atoms with Crippen LogP contribution in [0.5, 0.6) is 5.75 Å². The summed E-state index contributed by atoms with van der Waals surface area (Å²) in [5.41, 5.74) is 2.22. The monoisotopic (exact) mass is 470 g/mol. The number of nitrogens with zero attached hydrogens (tertiary/aromatic N) is 4. The van der Waals surface area contributed by atoms with Gasteiger partial charge in [-0.15, -0.1) is 10.2 Å². The van der Waals surface area contributed by atoms with Crippen LogP contribution in [0.2, 0.25) is 5.02 Å². The molecule has 0 spiro atoms. The molecule has 0 saturated carbocycles. The number of ether oxygens (including phenoxy) is 1. The van der Waals surface area contributed by atoms with Crippen LogP contribution in [0.4, 0.5) is 0 Å². The summed E-state index contributed by atoms with van der Waals surface area (Å²) in [6.07, 6.45) is 5.99. The van der Waals surface area contributed by atoms with Crippen molar-refractivity contribution in [3.63, 3.8) is 0 Å². The molecule has 6 nitrogen and oxygen atoms in total. The maximum atomic E-state index is 12.8. The van der Waals surface area contributed by atoms with E-state index in [2.05, 4.69) is 22.3 Å². The lowest BCUT2D eigenvalue weighted by Gasteiger charge is -2.32. The minimum Gasteiger partial charge on any atom is -0.497 e. The maximum absolute atomic E-state index is 12.8. The molecule has 8 heteroatoms. The Kier molecular flexibility index (Phi) is 7.71. The highest BCUT2D eigenvalue weighted by molar-refractivity contribution is 7.99. The number of thioether (sulfide) groups is 1. The van der Waals surface area contributed by atoms with Gasteiger partial charge in [-0.2, -0.15) is 0 Å². The Balaban J connectivity index is 1.23. The van der Waals surface area contributed by atoms with Crippen LogP contribution >= 0.6 is 23.4 Å². The first-order valence-corrected chi connectivity index (χ1v) is 12.2. The Morgan fingerprint density at radius 3 is 2.69 bits per heavy atom. The number of carbonyl (C=O) groups is 1. The molecule has 2 aromatic carbocycles. The van der Waals surface area contributed by atoms with E-state index in [1.165, 1.54) is 17.3 Å². The van der Waals surface area contributed by atoms with Gasteiger partial charge in [-0.1, -0.05) is 41.6 Å². The van der Waals surface area contributed by atoms with Crippen LogP contribution in [0.3, 0.4) is 0 Å². The van der Waals surface area contributed by atoms with Crippen molar-refractivity contribution in [1.82, 2.24) is 19.7 Å². The molecule has 0 radical (unpaired) electrons. The minimum atomic E-state index is 0.157. The summed E-state index contributed by atoms with van der Waals surface area (Å²) in [4.78, 5) is 14.7. The van der Waals surface area contributed by atoms with Crippen LogP contribution in [0, 0.1) is 5.92 Å². The molecule has 32 heavy (non-hydrogen) atoms. The zero-order valence-electron chi connectivity index (χ0n) is 18.1. The van der Waals surface area contributed by atoms with Crippen molar-refractivity contribution >= 4 is 29.3 Å². The summed E-state index contributed by atoms with van der Waals surface area (Å²) >= 11 is 7.51. The number of methoxy groups -OCH3 is 1. The second-order valence-corrected chi connectivity index (χ2v) is 9.34. The van der Waals surface area contributed by atoms with E-state index < -0.39 is 0 Å². The number of carbonyl (C=O) groups excluding carboxylic acids is 1.